The third-order valence-electron chi connectivity index (χ3n) is 1.92. The summed E-state index contributed by atoms with van der Waals surface area (Å²) in [5, 5.41) is 0.635. The molecule has 0 aliphatic rings. The predicted octanol–water partition coefficient (Wildman–Crippen LogP) is 4.54. The van der Waals surface area contributed by atoms with Gasteiger partial charge in [0.25, 0.3) is 0 Å². The number of hydrogen-bond acceptors (Lipinski definition) is 2. The summed E-state index contributed by atoms with van der Waals surface area (Å²) in [6.45, 7) is 5.01. The second kappa shape index (κ2) is 6.62. The molecule has 0 fully saturated rings. The van der Waals surface area contributed by atoms with Gasteiger partial charge in [-0.05, 0) is 24.3 Å². The van der Waals surface area contributed by atoms with Crippen LogP contribution in [-0.4, -0.2) is 5.97 Å². The van der Waals surface area contributed by atoms with E-state index in [4.69, 9.17) is 16.3 Å². The number of rotatable bonds is 4. The van der Waals surface area contributed by atoms with E-state index in [9.17, 15) is 4.79 Å². The van der Waals surface area contributed by atoms with Crippen molar-refractivity contribution in [3.8, 4) is 0 Å². The van der Waals surface area contributed by atoms with Gasteiger partial charge in [0.2, 0.25) is 0 Å². The van der Waals surface area contributed by atoms with Gasteiger partial charge in [-0.15, -0.1) is 6.58 Å². The fourth-order valence-corrected chi connectivity index (χ4v) is 1.90. The van der Waals surface area contributed by atoms with Gasteiger partial charge in [-0.1, -0.05) is 33.6 Å². The third-order valence-corrected chi connectivity index (χ3v) is 2.86. The third kappa shape index (κ3) is 4.36. The molecule has 90 valence electrons. The quantitative estimate of drug-likeness (QED) is 0.463. The lowest BCUT2D eigenvalue weighted by atomic mass is 10.1. The molecule has 0 amide bonds. The molecule has 0 aliphatic carbocycles. The Balaban J connectivity index is 3.14. The number of ether oxygens (including phenoxy) is 1. The molecule has 1 aromatic carbocycles. The summed E-state index contributed by atoms with van der Waals surface area (Å²) in [6.07, 6.45) is 2.31. The monoisotopic (exact) mass is 314 g/mol. The van der Waals surface area contributed by atoms with E-state index >= 15 is 0 Å². The standard InChI is InChI=1S/C13H12BrClO2/c1-3-4-12(14)13(17-9(2)16)10-5-7-11(15)8-6-10/h3,5-8H,1,4H2,2H3/b13-12-. The maximum atomic E-state index is 11.1. The first-order valence-electron chi connectivity index (χ1n) is 4.98. The Kier molecular flexibility index (Phi) is 5.45. The molecule has 0 saturated heterocycles. The van der Waals surface area contributed by atoms with Crippen LogP contribution in [0.2, 0.25) is 5.02 Å². The van der Waals surface area contributed by atoms with Crippen molar-refractivity contribution in [3.63, 3.8) is 0 Å². The number of carbonyl (C=O) groups excluding carboxylic acids is 1. The number of halogens is 2. The van der Waals surface area contributed by atoms with Crippen LogP contribution in [0.25, 0.3) is 5.76 Å². The van der Waals surface area contributed by atoms with E-state index in [0.717, 1.165) is 10.0 Å². The lowest BCUT2D eigenvalue weighted by molar-refractivity contribution is -0.134. The minimum Gasteiger partial charge on any atom is -0.425 e. The lowest BCUT2D eigenvalue weighted by Gasteiger charge is -2.10. The van der Waals surface area contributed by atoms with Crippen molar-refractivity contribution >= 4 is 39.3 Å². The first kappa shape index (κ1) is 14.0. The van der Waals surface area contributed by atoms with Gasteiger partial charge in [0.05, 0.1) is 0 Å². The molecule has 1 rings (SSSR count). The van der Waals surface area contributed by atoms with Crippen LogP contribution in [0.15, 0.2) is 41.4 Å². The van der Waals surface area contributed by atoms with E-state index in [1.165, 1.54) is 6.92 Å². The van der Waals surface area contributed by atoms with Gasteiger partial charge in [0.15, 0.2) is 0 Å². The Morgan fingerprint density at radius 3 is 2.53 bits per heavy atom. The number of esters is 1. The summed E-state index contributed by atoms with van der Waals surface area (Å²) in [6, 6.07) is 7.08. The molecule has 4 heteroatoms. The van der Waals surface area contributed by atoms with Gasteiger partial charge in [-0.3, -0.25) is 4.79 Å². The van der Waals surface area contributed by atoms with Crippen LogP contribution in [-0.2, 0) is 9.53 Å². The highest BCUT2D eigenvalue weighted by atomic mass is 79.9. The van der Waals surface area contributed by atoms with Crippen LogP contribution < -0.4 is 0 Å². The van der Waals surface area contributed by atoms with Gasteiger partial charge in [0, 0.05) is 28.4 Å². The average molecular weight is 316 g/mol. The Bertz CT molecular complexity index is 449. The van der Waals surface area contributed by atoms with Crippen molar-refractivity contribution in [1.82, 2.24) is 0 Å². The van der Waals surface area contributed by atoms with Crippen LogP contribution >= 0.6 is 27.5 Å². The zero-order valence-electron chi connectivity index (χ0n) is 9.37. The van der Waals surface area contributed by atoms with Gasteiger partial charge in [-0.2, -0.15) is 0 Å². The van der Waals surface area contributed by atoms with Crippen molar-refractivity contribution in [2.45, 2.75) is 13.3 Å². The van der Waals surface area contributed by atoms with Crippen molar-refractivity contribution in [1.29, 1.82) is 0 Å². The summed E-state index contributed by atoms with van der Waals surface area (Å²) in [5.74, 6) is 0.130. The topological polar surface area (TPSA) is 26.3 Å². The summed E-state index contributed by atoms with van der Waals surface area (Å²) in [4.78, 5) is 11.1. The molecule has 0 unspecified atom stereocenters. The number of hydrogen-bond donors (Lipinski definition) is 0. The van der Waals surface area contributed by atoms with Crippen molar-refractivity contribution < 1.29 is 9.53 Å². The number of carbonyl (C=O) groups is 1. The summed E-state index contributed by atoms with van der Waals surface area (Å²) >= 11 is 9.20. The van der Waals surface area contributed by atoms with E-state index in [2.05, 4.69) is 22.5 Å². The Morgan fingerprint density at radius 2 is 2.06 bits per heavy atom. The fourth-order valence-electron chi connectivity index (χ4n) is 1.24. The minimum absolute atomic E-state index is 0.365. The molecule has 0 aromatic heterocycles. The lowest BCUT2D eigenvalue weighted by Crippen LogP contribution is -2.00. The Labute approximate surface area is 114 Å². The summed E-state index contributed by atoms with van der Waals surface area (Å²) in [7, 11) is 0. The Morgan fingerprint density at radius 1 is 1.47 bits per heavy atom. The van der Waals surface area contributed by atoms with Crippen molar-refractivity contribution in [2.75, 3.05) is 0 Å². The molecule has 1 aromatic rings. The van der Waals surface area contributed by atoms with E-state index < -0.39 is 0 Å². The van der Waals surface area contributed by atoms with E-state index in [-0.39, 0.29) is 5.97 Å². The van der Waals surface area contributed by atoms with Gasteiger partial charge in [-0.25, -0.2) is 0 Å². The first-order valence-corrected chi connectivity index (χ1v) is 6.15. The van der Waals surface area contributed by atoms with Crippen LogP contribution in [0.4, 0.5) is 0 Å². The van der Waals surface area contributed by atoms with Crippen LogP contribution in [0, 0.1) is 0 Å². The summed E-state index contributed by atoms with van der Waals surface area (Å²) in [5.41, 5.74) is 0.790. The average Bonchev–Trinajstić information content (AvgIpc) is 2.27. The highest BCUT2D eigenvalue weighted by Gasteiger charge is 2.10. The molecule has 0 saturated carbocycles. The highest BCUT2D eigenvalue weighted by Crippen LogP contribution is 2.27. The second-order valence-electron chi connectivity index (χ2n) is 3.33. The van der Waals surface area contributed by atoms with Crippen LogP contribution in [0.5, 0.6) is 0 Å². The molecular formula is C13H12BrClO2. The molecule has 0 heterocycles. The SMILES string of the molecule is C=CC/C(Br)=C(/OC(C)=O)c1ccc(Cl)cc1. The first-order chi connectivity index (χ1) is 8.04. The molecule has 0 atom stereocenters. The largest absolute Gasteiger partial charge is 0.425 e. The zero-order chi connectivity index (χ0) is 12.8. The van der Waals surface area contributed by atoms with Crippen molar-refractivity contribution in [2.24, 2.45) is 0 Å². The normalized spacial score (nSPS) is 11.7. The number of allylic oxidation sites excluding steroid dienone is 2. The zero-order valence-corrected chi connectivity index (χ0v) is 11.7. The molecular weight excluding hydrogens is 303 g/mol. The fraction of sp³-hybridized carbons (Fsp3) is 0.154. The molecule has 0 N–H and O–H groups in total. The van der Waals surface area contributed by atoms with E-state index in [0.29, 0.717) is 17.2 Å². The maximum absolute atomic E-state index is 11.1. The van der Waals surface area contributed by atoms with E-state index in [1.54, 1.807) is 30.3 Å². The van der Waals surface area contributed by atoms with Gasteiger partial charge in [0.1, 0.15) is 5.76 Å². The van der Waals surface area contributed by atoms with E-state index in [1.807, 2.05) is 0 Å². The molecule has 0 aliphatic heterocycles. The van der Waals surface area contributed by atoms with Crippen LogP contribution in [0.1, 0.15) is 18.9 Å². The molecule has 0 bridgehead atoms. The molecule has 2 nitrogen and oxygen atoms in total. The Hall–Kier alpha value is -1.06. The minimum atomic E-state index is -0.365. The molecule has 17 heavy (non-hydrogen) atoms. The summed E-state index contributed by atoms with van der Waals surface area (Å²) < 4.78 is 5.96. The van der Waals surface area contributed by atoms with Gasteiger partial charge < -0.3 is 4.74 Å². The number of benzene rings is 1. The second-order valence-corrected chi connectivity index (χ2v) is 4.72. The predicted molar refractivity (Wildman–Crippen MR) is 73.9 cm³/mol. The maximum Gasteiger partial charge on any atom is 0.308 e. The van der Waals surface area contributed by atoms with Crippen LogP contribution in [0.3, 0.4) is 0 Å². The highest BCUT2D eigenvalue weighted by molar-refractivity contribution is 9.11. The smallest absolute Gasteiger partial charge is 0.308 e. The van der Waals surface area contributed by atoms with Gasteiger partial charge >= 0.3 is 5.97 Å². The molecule has 0 radical (unpaired) electrons. The molecule has 0 spiro atoms. The van der Waals surface area contributed by atoms with Crippen molar-refractivity contribution in [3.05, 3.63) is 52.0 Å².